The number of carbonyl (C=O) groups excluding carboxylic acids is 1. The standard InChI is InChI=1S/C18H27N3O4S/c22-18(21-11-9-19-10-12-21)15-4-3-6-17(14-15)26(23,24)20-8-7-16-5-1-2-13-25-16/h3-4,6,14,16,19-20H,1-2,5,7-13H2. The second-order valence-electron chi connectivity index (χ2n) is 6.75. The molecule has 1 aromatic carbocycles. The van der Waals surface area contributed by atoms with Crippen LogP contribution in [0.2, 0.25) is 0 Å². The molecule has 2 aliphatic heterocycles. The van der Waals surface area contributed by atoms with E-state index in [1.165, 1.54) is 12.1 Å². The van der Waals surface area contributed by atoms with Crippen molar-refractivity contribution in [2.45, 2.75) is 36.7 Å². The van der Waals surface area contributed by atoms with Crippen LogP contribution in [0.15, 0.2) is 29.2 Å². The van der Waals surface area contributed by atoms with Crippen LogP contribution in [0.1, 0.15) is 36.0 Å². The fraction of sp³-hybridized carbons (Fsp3) is 0.611. The smallest absolute Gasteiger partial charge is 0.253 e. The van der Waals surface area contributed by atoms with Gasteiger partial charge in [-0.15, -0.1) is 0 Å². The van der Waals surface area contributed by atoms with Crippen molar-refractivity contribution in [1.82, 2.24) is 14.9 Å². The van der Waals surface area contributed by atoms with Crippen molar-refractivity contribution in [2.75, 3.05) is 39.3 Å². The van der Waals surface area contributed by atoms with Crippen molar-refractivity contribution in [3.8, 4) is 0 Å². The summed E-state index contributed by atoms with van der Waals surface area (Å²) in [4.78, 5) is 14.4. The Kier molecular flexibility index (Phi) is 6.63. The van der Waals surface area contributed by atoms with Gasteiger partial charge in [0, 0.05) is 44.9 Å². The molecule has 0 radical (unpaired) electrons. The average molecular weight is 381 g/mol. The monoisotopic (exact) mass is 381 g/mol. The number of rotatable bonds is 6. The lowest BCUT2D eigenvalue weighted by molar-refractivity contribution is 0.0123. The Labute approximate surface area is 155 Å². The number of amides is 1. The number of ether oxygens (including phenoxy) is 1. The van der Waals surface area contributed by atoms with Gasteiger partial charge < -0.3 is 15.0 Å². The van der Waals surface area contributed by atoms with E-state index in [0.29, 0.717) is 31.6 Å². The second-order valence-corrected chi connectivity index (χ2v) is 8.51. The van der Waals surface area contributed by atoms with Crippen LogP contribution in [0.4, 0.5) is 0 Å². The third kappa shape index (κ3) is 5.03. The number of piperazine rings is 1. The number of carbonyl (C=O) groups is 1. The van der Waals surface area contributed by atoms with E-state index in [9.17, 15) is 13.2 Å². The highest BCUT2D eigenvalue weighted by molar-refractivity contribution is 7.89. The van der Waals surface area contributed by atoms with Crippen molar-refractivity contribution in [2.24, 2.45) is 0 Å². The summed E-state index contributed by atoms with van der Waals surface area (Å²) in [5.74, 6) is -0.126. The maximum atomic E-state index is 12.6. The third-order valence-electron chi connectivity index (χ3n) is 4.83. The molecule has 1 unspecified atom stereocenters. The number of hydrogen-bond donors (Lipinski definition) is 2. The Balaban J connectivity index is 1.61. The third-order valence-corrected chi connectivity index (χ3v) is 6.29. The summed E-state index contributed by atoms with van der Waals surface area (Å²) < 4.78 is 33.3. The van der Waals surface area contributed by atoms with Gasteiger partial charge in [0.25, 0.3) is 5.91 Å². The average Bonchev–Trinajstić information content (AvgIpc) is 2.69. The summed E-state index contributed by atoms with van der Waals surface area (Å²) in [7, 11) is -3.64. The SMILES string of the molecule is O=C(c1cccc(S(=O)(=O)NCCC2CCCCO2)c1)N1CCNCC1. The molecule has 2 N–H and O–H groups in total. The first-order valence-corrected chi connectivity index (χ1v) is 10.8. The van der Waals surface area contributed by atoms with Crippen LogP contribution < -0.4 is 10.0 Å². The van der Waals surface area contributed by atoms with Gasteiger partial charge in [0.05, 0.1) is 11.0 Å². The zero-order valence-corrected chi connectivity index (χ0v) is 15.8. The molecule has 0 spiro atoms. The fourth-order valence-electron chi connectivity index (χ4n) is 3.32. The number of benzene rings is 1. The summed E-state index contributed by atoms with van der Waals surface area (Å²) in [5.41, 5.74) is 0.408. The zero-order chi connectivity index (χ0) is 18.4. The minimum Gasteiger partial charge on any atom is -0.378 e. The van der Waals surface area contributed by atoms with E-state index < -0.39 is 10.0 Å². The molecule has 2 aliphatic rings. The van der Waals surface area contributed by atoms with Crippen LogP contribution in [0.5, 0.6) is 0 Å². The van der Waals surface area contributed by atoms with Crippen LogP contribution in [0.25, 0.3) is 0 Å². The second kappa shape index (κ2) is 8.94. The largest absolute Gasteiger partial charge is 0.378 e. The topological polar surface area (TPSA) is 87.7 Å². The van der Waals surface area contributed by atoms with Gasteiger partial charge in [-0.2, -0.15) is 0 Å². The minimum atomic E-state index is -3.64. The van der Waals surface area contributed by atoms with E-state index in [1.54, 1.807) is 17.0 Å². The van der Waals surface area contributed by atoms with Crippen LogP contribution in [-0.4, -0.2) is 64.7 Å². The Bertz CT molecular complexity index is 711. The van der Waals surface area contributed by atoms with Gasteiger partial charge in [-0.25, -0.2) is 13.1 Å². The summed E-state index contributed by atoms with van der Waals surface area (Å²) in [5, 5.41) is 3.20. The molecule has 0 aliphatic carbocycles. The predicted molar refractivity (Wildman–Crippen MR) is 98.6 cm³/mol. The Hall–Kier alpha value is -1.48. The fourth-order valence-corrected chi connectivity index (χ4v) is 4.41. The first-order chi connectivity index (χ1) is 12.6. The van der Waals surface area contributed by atoms with Crippen molar-refractivity contribution in [3.05, 3.63) is 29.8 Å². The zero-order valence-electron chi connectivity index (χ0n) is 14.9. The summed E-state index contributed by atoms with van der Waals surface area (Å²) in [6.07, 6.45) is 3.99. The summed E-state index contributed by atoms with van der Waals surface area (Å²) in [6.45, 7) is 3.88. The van der Waals surface area contributed by atoms with Gasteiger partial charge in [-0.05, 0) is 43.9 Å². The molecule has 0 saturated carbocycles. The molecule has 1 atom stereocenters. The minimum absolute atomic E-state index is 0.126. The van der Waals surface area contributed by atoms with Gasteiger partial charge >= 0.3 is 0 Å². The van der Waals surface area contributed by atoms with Crippen LogP contribution in [0, 0.1) is 0 Å². The molecule has 0 aromatic heterocycles. The van der Waals surface area contributed by atoms with Gasteiger partial charge in [-0.3, -0.25) is 4.79 Å². The van der Waals surface area contributed by atoms with E-state index in [0.717, 1.165) is 39.0 Å². The first kappa shape index (κ1) is 19.3. The molecule has 1 amide bonds. The Morgan fingerprint density at radius 1 is 1.27 bits per heavy atom. The molecule has 8 heteroatoms. The van der Waals surface area contributed by atoms with Crippen molar-refractivity contribution < 1.29 is 17.9 Å². The molecule has 26 heavy (non-hydrogen) atoms. The maximum Gasteiger partial charge on any atom is 0.253 e. The normalized spacial score (nSPS) is 21.5. The Morgan fingerprint density at radius 2 is 2.08 bits per heavy atom. The number of nitrogens with one attached hydrogen (secondary N) is 2. The Morgan fingerprint density at radius 3 is 2.81 bits per heavy atom. The van der Waals surface area contributed by atoms with E-state index >= 15 is 0 Å². The van der Waals surface area contributed by atoms with E-state index in [2.05, 4.69) is 10.0 Å². The lowest BCUT2D eigenvalue weighted by atomic mass is 10.1. The molecular weight excluding hydrogens is 354 g/mol. The van der Waals surface area contributed by atoms with E-state index in [4.69, 9.17) is 4.74 Å². The number of nitrogens with zero attached hydrogens (tertiary/aromatic N) is 1. The van der Waals surface area contributed by atoms with Crippen molar-refractivity contribution in [1.29, 1.82) is 0 Å². The van der Waals surface area contributed by atoms with Gasteiger partial charge in [-0.1, -0.05) is 6.07 Å². The molecule has 0 bridgehead atoms. The highest BCUT2D eigenvalue weighted by atomic mass is 32.2. The van der Waals surface area contributed by atoms with Crippen LogP contribution >= 0.6 is 0 Å². The molecular formula is C18H27N3O4S. The number of sulfonamides is 1. The van der Waals surface area contributed by atoms with Crippen LogP contribution in [-0.2, 0) is 14.8 Å². The predicted octanol–water partition coefficient (Wildman–Crippen LogP) is 0.970. The first-order valence-electron chi connectivity index (χ1n) is 9.27. The maximum absolute atomic E-state index is 12.6. The summed E-state index contributed by atoms with van der Waals surface area (Å²) in [6, 6.07) is 6.27. The molecule has 1 aromatic rings. The van der Waals surface area contributed by atoms with Crippen molar-refractivity contribution >= 4 is 15.9 Å². The van der Waals surface area contributed by atoms with Crippen molar-refractivity contribution in [3.63, 3.8) is 0 Å². The molecule has 144 valence electrons. The molecule has 7 nitrogen and oxygen atoms in total. The summed E-state index contributed by atoms with van der Waals surface area (Å²) >= 11 is 0. The van der Waals surface area contributed by atoms with Crippen LogP contribution in [0.3, 0.4) is 0 Å². The lowest BCUT2D eigenvalue weighted by Crippen LogP contribution is -2.46. The van der Waals surface area contributed by atoms with E-state index in [-0.39, 0.29) is 16.9 Å². The molecule has 3 rings (SSSR count). The molecule has 2 fully saturated rings. The molecule has 2 heterocycles. The van der Waals surface area contributed by atoms with Gasteiger partial charge in [0.15, 0.2) is 0 Å². The quantitative estimate of drug-likeness (QED) is 0.767. The van der Waals surface area contributed by atoms with E-state index in [1.807, 2.05) is 0 Å². The molecule has 2 saturated heterocycles. The highest BCUT2D eigenvalue weighted by Crippen LogP contribution is 2.17. The van der Waals surface area contributed by atoms with Gasteiger partial charge in [0.2, 0.25) is 10.0 Å². The highest BCUT2D eigenvalue weighted by Gasteiger charge is 2.21. The number of hydrogen-bond acceptors (Lipinski definition) is 5. The lowest BCUT2D eigenvalue weighted by Gasteiger charge is -2.27. The van der Waals surface area contributed by atoms with Gasteiger partial charge in [0.1, 0.15) is 0 Å².